The fraction of sp³-hybridized carbons (Fsp3) is 0.667. The van der Waals surface area contributed by atoms with Crippen LogP contribution >= 0.6 is 15.9 Å². The predicted molar refractivity (Wildman–Crippen MR) is 85.0 cm³/mol. The third-order valence-electron chi connectivity index (χ3n) is 3.71. The zero-order valence-electron chi connectivity index (χ0n) is 12.4. The van der Waals surface area contributed by atoms with Crippen molar-refractivity contribution in [2.24, 2.45) is 0 Å². The number of halogens is 1. The molecule has 20 heavy (non-hydrogen) atoms. The minimum atomic E-state index is 0.0241. The minimum absolute atomic E-state index is 0.0241. The van der Waals surface area contributed by atoms with Gasteiger partial charge < -0.3 is 9.88 Å². The summed E-state index contributed by atoms with van der Waals surface area (Å²) in [5.41, 5.74) is 0.744. The van der Waals surface area contributed by atoms with E-state index in [9.17, 15) is 4.79 Å². The lowest BCUT2D eigenvalue weighted by molar-refractivity contribution is 0.0938. The lowest BCUT2D eigenvalue weighted by atomic mass is 10.3. The predicted octanol–water partition coefficient (Wildman–Crippen LogP) is 2.87. The van der Waals surface area contributed by atoms with E-state index in [0.29, 0.717) is 0 Å². The van der Waals surface area contributed by atoms with Crippen molar-refractivity contribution in [3.05, 3.63) is 22.4 Å². The first-order chi connectivity index (χ1) is 9.65. The molecule has 0 saturated heterocycles. The molecule has 0 aliphatic heterocycles. The number of carbonyl (C=O) groups is 1. The van der Waals surface area contributed by atoms with Gasteiger partial charge in [0.1, 0.15) is 5.69 Å². The molecule has 2 rings (SSSR count). The summed E-state index contributed by atoms with van der Waals surface area (Å²) >= 11 is 3.44. The van der Waals surface area contributed by atoms with E-state index in [-0.39, 0.29) is 5.91 Å². The topological polar surface area (TPSA) is 37.3 Å². The lowest BCUT2D eigenvalue weighted by Crippen LogP contribution is -2.36. The monoisotopic (exact) mass is 341 g/mol. The molecule has 0 aromatic carbocycles. The van der Waals surface area contributed by atoms with E-state index in [1.807, 2.05) is 16.8 Å². The number of aryl methyl sites for hydroxylation is 1. The number of nitrogens with zero attached hydrogens (tertiary/aromatic N) is 2. The maximum atomic E-state index is 12.2. The molecule has 4 nitrogen and oxygen atoms in total. The van der Waals surface area contributed by atoms with Crippen LogP contribution in [0.1, 0.15) is 43.6 Å². The highest BCUT2D eigenvalue weighted by molar-refractivity contribution is 9.10. The van der Waals surface area contributed by atoms with Crippen molar-refractivity contribution in [2.45, 2.75) is 45.7 Å². The lowest BCUT2D eigenvalue weighted by Gasteiger charge is -2.19. The van der Waals surface area contributed by atoms with Gasteiger partial charge in [0.25, 0.3) is 5.91 Å². The van der Waals surface area contributed by atoms with Crippen molar-refractivity contribution < 1.29 is 4.79 Å². The number of aromatic nitrogens is 1. The van der Waals surface area contributed by atoms with Gasteiger partial charge in [-0.15, -0.1) is 0 Å². The van der Waals surface area contributed by atoms with Crippen LogP contribution < -0.4 is 5.32 Å². The summed E-state index contributed by atoms with van der Waals surface area (Å²) in [5, 5.41) is 3.04. The summed E-state index contributed by atoms with van der Waals surface area (Å²) in [6.45, 7) is 7.91. The molecule has 0 atom stereocenters. The van der Waals surface area contributed by atoms with Crippen molar-refractivity contribution >= 4 is 21.8 Å². The first-order valence-electron chi connectivity index (χ1n) is 7.53. The average Bonchev–Trinajstić information content (AvgIpc) is 3.19. The molecule has 0 radical (unpaired) electrons. The third-order valence-corrected chi connectivity index (χ3v) is 4.15. The average molecular weight is 342 g/mol. The molecule has 1 saturated carbocycles. The highest BCUT2D eigenvalue weighted by atomic mass is 79.9. The van der Waals surface area contributed by atoms with Crippen LogP contribution in [-0.2, 0) is 6.54 Å². The van der Waals surface area contributed by atoms with Crippen molar-refractivity contribution in [1.29, 1.82) is 0 Å². The van der Waals surface area contributed by atoms with Crippen LogP contribution in [0.3, 0.4) is 0 Å². The molecule has 112 valence electrons. The summed E-state index contributed by atoms with van der Waals surface area (Å²) in [6.07, 6.45) is 5.62. The number of carbonyl (C=O) groups excluding carboxylic acids is 1. The Bertz CT molecular complexity index is 454. The van der Waals surface area contributed by atoms with Crippen LogP contribution in [0.2, 0.25) is 0 Å². The van der Waals surface area contributed by atoms with Crippen molar-refractivity contribution in [3.8, 4) is 0 Å². The van der Waals surface area contributed by atoms with E-state index in [1.54, 1.807) is 0 Å². The zero-order valence-corrected chi connectivity index (χ0v) is 13.9. The van der Waals surface area contributed by atoms with Gasteiger partial charge in [0.15, 0.2) is 0 Å². The summed E-state index contributed by atoms with van der Waals surface area (Å²) in [4.78, 5) is 14.7. The Kier molecular flexibility index (Phi) is 5.66. The molecule has 1 aliphatic carbocycles. The summed E-state index contributed by atoms with van der Waals surface area (Å²) in [6, 6.07) is 2.65. The summed E-state index contributed by atoms with van der Waals surface area (Å²) in [5.74, 6) is 0.0241. The number of hydrogen-bond acceptors (Lipinski definition) is 2. The minimum Gasteiger partial charge on any atom is -0.349 e. The second-order valence-electron chi connectivity index (χ2n) is 5.35. The van der Waals surface area contributed by atoms with Gasteiger partial charge in [-0.25, -0.2) is 0 Å². The van der Waals surface area contributed by atoms with E-state index >= 15 is 0 Å². The largest absolute Gasteiger partial charge is 0.349 e. The zero-order chi connectivity index (χ0) is 14.5. The van der Waals surface area contributed by atoms with Gasteiger partial charge in [-0.05, 0) is 47.8 Å². The normalized spacial score (nSPS) is 14.8. The van der Waals surface area contributed by atoms with Gasteiger partial charge in [-0.1, -0.05) is 13.8 Å². The first-order valence-corrected chi connectivity index (χ1v) is 8.33. The van der Waals surface area contributed by atoms with E-state index in [4.69, 9.17) is 0 Å². The van der Waals surface area contributed by atoms with Crippen LogP contribution in [0, 0.1) is 0 Å². The molecule has 0 spiro atoms. The second kappa shape index (κ2) is 7.27. The highest BCUT2D eigenvalue weighted by Crippen LogP contribution is 2.25. The quantitative estimate of drug-likeness (QED) is 0.789. The van der Waals surface area contributed by atoms with Crippen molar-refractivity contribution in [1.82, 2.24) is 14.8 Å². The van der Waals surface area contributed by atoms with Gasteiger partial charge in [-0.3, -0.25) is 9.69 Å². The number of amides is 1. The Balaban J connectivity index is 1.84. The number of likely N-dealkylation sites (N-methyl/N-ethyl adjacent to an activating group) is 1. The third kappa shape index (κ3) is 4.09. The Morgan fingerprint density at radius 1 is 1.50 bits per heavy atom. The van der Waals surface area contributed by atoms with Crippen LogP contribution in [0.15, 0.2) is 16.7 Å². The number of hydrogen-bond donors (Lipinski definition) is 1. The fourth-order valence-corrected chi connectivity index (χ4v) is 3.00. The standard InChI is InChI=1S/C15H24BrN3O/c1-3-8-19-11-12(16)10-14(19)15(20)17-7-9-18(4-2)13-5-6-13/h10-11,13H,3-9H2,1-2H3,(H,17,20). The van der Waals surface area contributed by atoms with Crippen LogP contribution in [-0.4, -0.2) is 41.1 Å². The van der Waals surface area contributed by atoms with Crippen LogP contribution in [0.4, 0.5) is 0 Å². The van der Waals surface area contributed by atoms with Gasteiger partial charge in [0.2, 0.25) is 0 Å². The van der Waals surface area contributed by atoms with E-state index in [2.05, 4.69) is 40.0 Å². The number of rotatable bonds is 8. The molecule has 0 bridgehead atoms. The Labute approximate surface area is 129 Å². The molecule has 0 unspecified atom stereocenters. The summed E-state index contributed by atoms with van der Waals surface area (Å²) in [7, 11) is 0. The Morgan fingerprint density at radius 3 is 2.85 bits per heavy atom. The van der Waals surface area contributed by atoms with Crippen LogP contribution in [0.5, 0.6) is 0 Å². The van der Waals surface area contributed by atoms with E-state index in [1.165, 1.54) is 12.8 Å². The maximum Gasteiger partial charge on any atom is 0.267 e. The molecule has 1 fully saturated rings. The fourth-order valence-electron chi connectivity index (χ4n) is 2.53. The van der Waals surface area contributed by atoms with Gasteiger partial charge in [0, 0.05) is 36.3 Å². The molecule has 1 N–H and O–H groups in total. The maximum absolute atomic E-state index is 12.2. The number of nitrogens with one attached hydrogen (secondary N) is 1. The van der Waals surface area contributed by atoms with Crippen molar-refractivity contribution in [3.63, 3.8) is 0 Å². The Morgan fingerprint density at radius 2 is 2.25 bits per heavy atom. The SMILES string of the molecule is CCCn1cc(Br)cc1C(=O)NCCN(CC)C1CC1. The molecule has 1 aliphatic rings. The molecule has 5 heteroatoms. The first kappa shape index (κ1) is 15.6. The summed E-state index contributed by atoms with van der Waals surface area (Å²) < 4.78 is 2.97. The van der Waals surface area contributed by atoms with Gasteiger partial charge in [-0.2, -0.15) is 0 Å². The molecule has 1 heterocycles. The molecular weight excluding hydrogens is 318 g/mol. The smallest absolute Gasteiger partial charge is 0.267 e. The Hall–Kier alpha value is -0.810. The van der Waals surface area contributed by atoms with Gasteiger partial charge >= 0.3 is 0 Å². The van der Waals surface area contributed by atoms with Crippen molar-refractivity contribution in [2.75, 3.05) is 19.6 Å². The van der Waals surface area contributed by atoms with E-state index < -0.39 is 0 Å². The van der Waals surface area contributed by atoms with Gasteiger partial charge in [0.05, 0.1) is 0 Å². The van der Waals surface area contributed by atoms with E-state index in [0.717, 1.165) is 48.8 Å². The molecule has 1 aromatic heterocycles. The molecular formula is C15H24BrN3O. The highest BCUT2D eigenvalue weighted by Gasteiger charge is 2.27. The molecule has 1 amide bonds. The van der Waals surface area contributed by atoms with Crippen LogP contribution in [0.25, 0.3) is 0 Å². The second-order valence-corrected chi connectivity index (χ2v) is 6.27. The molecule has 1 aromatic rings.